The Hall–Kier alpha value is -1.14. The third-order valence-electron chi connectivity index (χ3n) is 18.2. The van der Waals surface area contributed by atoms with Crippen LogP contribution in [0.4, 0.5) is 0 Å². The third-order valence-corrected chi connectivity index (χ3v) is 18.2. The molecule has 2 atom stereocenters. The first kappa shape index (κ1) is 79.9. The smallest absolute Gasteiger partial charge is 0.305 e. The number of carbonyl (C=O) groups is 2. The first-order chi connectivity index (χ1) is 40.0. The lowest BCUT2D eigenvalue weighted by Gasteiger charge is -2.22. The summed E-state index contributed by atoms with van der Waals surface area (Å²) in [4.78, 5) is 24.7. The molecule has 0 spiro atoms. The zero-order valence-electron chi connectivity index (χ0n) is 55.6. The topological polar surface area (TPSA) is 95.9 Å². The van der Waals surface area contributed by atoms with Gasteiger partial charge in [0.1, 0.15) is 0 Å². The molecule has 0 rings (SSSR count). The number of aliphatic hydroxyl groups excluding tert-OH is 2. The van der Waals surface area contributed by atoms with E-state index in [9.17, 15) is 19.8 Å². The molecule has 6 heteroatoms. The molecule has 0 aromatic heterocycles. The fourth-order valence-corrected chi connectivity index (χ4v) is 12.4. The maximum Gasteiger partial charge on any atom is 0.305 e. The van der Waals surface area contributed by atoms with Gasteiger partial charge in [0.15, 0.2) is 0 Å². The Kier molecular flexibility index (Phi) is 70.3. The molecule has 0 aromatic rings. The van der Waals surface area contributed by atoms with E-state index >= 15 is 0 Å². The van der Waals surface area contributed by atoms with Gasteiger partial charge in [-0.3, -0.25) is 9.59 Å². The number of esters is 1. The zero-order valence-corrected chi connectivity index (χ0v) is 55.6. The van der Waals surface area contributed by atoms with Crippen LogP contribution in [0.15, 0.2) is 0 Å². The number of ether oxygens (including phenoxy) is 1. The van der Waals surface area contributed by atoms with Crippen LogP contribution in [0.1, 0.15) is 444 Å². The molecule has 0 saturated carbocycles. The second kappa shape index (κ2) is 71.3. The number of carbonyl (C=O) groups excluding carboxylic acids is 2. The summed E-state index contributed by atoms with van der Waals surface area (Å²) in [5, 5.41) is 23.5. The molecule has 484 valence electrons. The van der Waals surface area contributed by atoms with E-state index in [0.717, 1.165) is 38.5 Å². The molecular weight excluding hydrogens is 995 g/mol. The molecule has 0 saturated heterocycles. The summed E-state index contributed by atoms with van der Waals surface area (Å²) in [6.07, 6.45) is 87.4. The highest BCUT2D eigenvalue weighted by atomic mass is 16.5. The van der Waals surface area contributed by atoms with Crippen molar-refractivity contribution in [2.24, 2.45) is 0 Å². The van der Waals surface area contributed by atoms with Crippen LogP contribution in [0.5, 0.6) is 0 Å². The minimum atomic E-state index is -0.663. The minimum Gasteiger partial charge on any atom is -0.466 e. The van der Waals surface area contributed by atoms with Gasteiger partial charge in [-0.05, 0) is 25.7 Å². The molecule has 0 aliphatic rings. The molecule has 6 nitrogen and oxygen atoms in total. The highest BCUT2D eigenvalue weighted by molar-refractivity contribution is 5.76. The SMILES string of the molecule is CCCCCCCCCCCCCCCCCCCCCCCCC(O)C(CO)NC(=O)CCCCCCCCCCCCCCCCCCCCCCCCCCCCOC(=O)CCCCCCCCCCCCCCCCCC. The van der Waals surface area contributed by atoms with E-state index < -0.39 is 12.1 Å². The fourth-order valence-electron chi connectivity index (χ4n) is 12.4. The second-order valence-electron chi connectivity index (χ2n) is 26.4. The van der Waals surface area contributed by atoms with Gasteiger partial charge in [-0.2, -0.15) is 0 Å². The normalized spacial score (nSPS) is 12.4. The summed E-state index contributed by atoms with van der Waals surface area (Å²) >= 11 is 0. The van der Waals surface area contributed by atoms with Gasteiger partial charge in [0.25, 0.3) is 0 Å². The number of amides is 1. The lowest BCUT2D eigenvalue weighted by atomic mass is 10.0. The number of nitrogens with one attached hydrogen (secondary N) is 1. The lowest BCUT2D eigenvalue weighted by Crippen LogP contribution is -2.45. The Morgan fingerprint density at radius 1 is 0.296 bits per heavy atom. The van der Waals surface area contributed by atoms with Crippen molar-refractivity contribution in [2.75, 3.05) is 13.2 Å². The van der Waals surface area contributed by atoms with Gasteiger partial charge in [0.2, 0.25) is 5.91 Å². The molecule has 81 heavy (non-hydrogen) atoms. The maximum absolute atomic E-state index is 12.6. The largest absolute Gasteiger partial charge is 0.466 e. The molecule has 0 aliphatic carbocycles. The van der Waals surface area contributed by atoms with E-state index in [2.05, 4.69) is 19.2 Å². The molecule has 0 fully saturated rings. The van der Waals surface area contributed by atoms with Crippen molar-refractivity contribution < 1.29 is 24.5 Å². The monoisotopic (exact) mass is 1140 g/mol. The molecule has 1 amide bonds. The first-order valence-electron chi connectivity index (χ1n) is 37.8. The van der Waals surface area contributed by atoms with Crippen molar-refractivity contribution in [3.63, 3.8) is 0 Å². The number of unbranched alkanes of at least 4 members (excludes halogenated alkanes) is 61. The second-order valence-corrected chi connectivity index (χ2v) is 26.4. The standard InChI is InChI=1S/C75H149NO5/c1-3-5-7-9-11-13-15-17-19-21-22-23-30-33-36-39-43-47-51-55-59-63-67-73(78)72(71-77)76-74(79)68-64-60-56-52-48-44-40-37-34-31-28-26-24-25-27-29-32-35-38-42-46-50-54-58-62-66-70-81-75(80)69-65-61-57-53-49-45-41-20-18-16-14-12-10-8-6-4-2/h72-73,77-78H,3-71H2,1-2H3,(H,76,79). The number of aliphatic hydroxyl groups is 2. The van der Waals surface area contributed by atoms with Crippen LogP contribution in [0.2, 0.25) is 0 Å². The van der Waals surface area contributed by atoms with Crippen molar-refractivity contribution in [2.45, 2.75) is 456 Å². The number of hydrogen-bond acceptors (Lipinski definition) is 5. The Morgan fingerprint density at radius 2 is 0.506 bits per heavy atom. The van der Waals surface area contributed by atoms with Gasteiger partial charge in [0, 0.05) is 12.8 Å². The van der Waals surface area contributed by atoms with Gasteiger partial charge in [-0.1, -0.05) is 406 Å². The van der Waals surface area contributed by atoms with Crippen LogP contribution < -0.4 is 5.32 Å². The summed E-state index contributed by atoms with van der Waals surface area (Å²) in [6.45, 7) is 5.02. The van der Waals surface area contributed by atoms with Gasteiger partial charge in [-0.25, -0.2) is 0 Å². The highest BCUT2D eigenvalue weighted by Gasteiger charge is 2.20. The molecular formula is C75H149NO5. The van der Waals surface area contributed by atoms with Crippen LogP contribution in [-0.2, 0) is 14.3 Å². The van der Waals surface area contributed by atoms with Crippen LogP contribution in [0, 0.1) is 0 Å². The summed E-state index contributed by atoms with van der Waals surface area (Å²) < 4.78 is 5.51. The predicted molar refractivity (Wildman–Crippen MR) is 357 cm³/mol. The molecule has 0 aromatic carbocycles. The first-order valence-corrected chi connectivity index (χ1v) is 37.8. The summed E-state index contributed by atoms with van der Waals surface area (Å²) in [7, 11) is 0. The highest BCUT2D eigenvalue weighted by Crippen LogP contribution is 2.20. The Labute approximate surface area is 508 Å². The van der Waals surface area contributed by atoms with E-state index in [0.29, 0.717) is 25.9 Å². The van der Waals surface area contributed by atoms with Crippen molar-refractivity contribution in [3.05, 3.63) is 0 Å². The fraction of sp³-hybridized carbons (Fsp3) is 0.973. The van der Waals surface area contributed by atoms with Crippen molar-refractivity contribution in [1.29, 1.82) is 0 Å². The van der Waals surface area contributed by atoms with E-state index in [1.54, 1.807) is 0 Å². The molecule has 0 heterocycles. The third kappa shape index (κ3) is 67.9. The van der Waals surface area contributed by atoms with Crippen LogP contribution in [-0.4, -0.2) is 47.4 Å². The van der Waals surface area contributed by atoms with E-state index in [1.165, 1.54) is 372 Å². The van der Waals surface area contributed by atoms with Crippen LogP contribution in [0.3, 0.4) is 0 Å². The molecule has 0 radical (unpaired) electrons. The predicted octanol–water partition coefficient (Wildman–Crippen LogP) is 24.5. The van der Waals surface area contributed by atoms with Gasteiger partial charge in [0.05, 0.1) is 25.4 Å². The van der Waals surface area contributed by atoms with E-state index in [1.807, 2.05) is 0 Å². The average molecular weight is 1150 g/mol. The quantitative estimate of drug-likeness (QED) is 0.0417. The van der Waals surface area contributed by atoms with Crippen molar-refractivity contribution >= 4 is 11.9 Å². The van der Waals surface area contributed by atoms with Crippen molar-refractivity contribution in [1.82, 2.24) is 5.32 Å². The molecule has 2 unspecified atom stereocenters. The van der Waals surface area contributed by atoms with E-state index in [4.69, 9.17) is 4.74 Å². The summed E-state index contributed by atoms with van der Waals surface area (Å²) in [6, 6.07) is -0.540. The average Bonchev–Trinajstić information content (AvgIpc) is 3.47. The number of rotatable bonds is 72. The Morgan fingerprint density at radius 3 is 0.753 bits per heavy atom. The summed E-state index contributed by atoms with van der Waals surface area (Å²) in [5.74, 6) is -0.00428. The van der Waals surface area contributed by atoms with Gasteiger partial charge >= 0.3 is 5.97 Å². The molecule has 0 bridgehead atoms. The van der Waals surface area contributed by atoms with E-state index in [-0.39, 0.29) is 18.5 Å². The Bertz CT molecular complexity index is 1180. The van der Waals surface area contributed by atoms with Gasteiger partial charge in [-0.15, -0.1) is 0 Å². The molecule has 0 aliphatic heterocycles. The van der Waals surface area contributed by atoms with Gasteiger partial charge < -0.3 is 20.3 Å². The Balaban J connectivity index is 3.34. The summed E-state index contributed by atoms with van der Waals surface area (Å²) in [5.41, 5.74) is 0. The minimum absolute atomic E-state index is 0.0224. The maximum atomic E-state index is 12.6. The van der Waals surface area contributed by atoms with Crippen LogP contribution >= 0.6 is 0 Å². The number of hydrogen-bond donors (Lipinski definition) is 3. The zero-order chi connectivity index (χ0) is 58.5. The van der Waals surface area contributed by atoms with Crippen LogP contribution in [0.25, 0.3) is 0 Å². The molecule has 3 N–H and O–H groups in total. The van der Waals surface area contributed by atoms with Crippen molar-refractivity contribution in [3.8, 4) is 0 Å². The lowest BCUT2D eigenvalue weighted by molar-refractivity contribution is -0.143.